The van der Waals surface area contributed by atoms with Gasteiger partial charge in [0.15, 0.2) is 5.96 Å². The van der Waals surface area contributed by atoms with Gasteiger partial charge in [-0.15, -0.1) is 24.0 Å². The van der Waals surface area contributed by atoms with Crippen LogP contribution in [-0.4, -0.2) is 24.0 Å². The number of benzene rings is 1. The normalized spacial score (nSPS) is 21.2. The summed E-state index contributed by atoms with van der Waals surface area (Å²) < 4.78 is 0. The predicted octanol–water partition coefficient (Wildman–Crippen LogP) is 4.10. The molecular formula is C19H27IN4. The van der Waals surface area contributed by atoms with Crippen LogP contribution in [0.1, 0.15) is 38.2 Å². The Labute approximate surface area is 161 Å². The van der Waals surface area contributed by atoms with Crippen molar-refractivity contribution in [3.05, 3.63) is 42.1 Å². The average Bonchev–Trinajstić information content (AvgIpc) is 2.60. The van der Waals surface area contributed by atoms with Crippen molar-refractivity contribution in [1.82, 2.24) is 15.6 Å². The summed E-state index contributed by atoms with van der Waals surface area (Å²) in [7, 11) is 1.84. The Hall–Kier alpha value is -1.37. The van der Waals surface area contributed by atoms with E-state index >= 15 is 0 Å². The molecule has 2 N–H and O–H groups in total. The number of nitrogens with zero attached hydrogens (tertiary/aromatic N) is 2. The average molecular weight is 438 g/mol. The van der Waals surface area contributed by atoms with Gasteiger partial charge in [0.1, 0.15) is 0 Å². The van der Waals surface area contributed by atoms with Gasteiger partial charge in [0.2, 0.25) is 0 Å². The smallest absolute Gasteiger partial charge is 0.191 e. The Balaban J connectivity index is 0.00000208. The molecule has 0 aliphatic heterocycles. The summed E-state index contributed by atoms with van der Waals surface area (Å²) >= 11 is 0. The van der Waals surface area contributed by atoms with Crippen molar-refractivity contribution in [2.24, 2.45) is 10.9 Å². The number of fused-ring (bicyclic) bond motifs is 1. The fraction of sp³-hybridized carbons (Fsp3) is 0.474. The van der Waals surface area contributed by atoms with Crippen LogP contribution in [0.25, 0.3) is 10.9 Å². The van der Waals surface area contributed by atoms with Crippen LogP contribution in [0, 0.1) is 5.92 Å². The zero-order chi connectivity index (χ0) is 16.1. The second-order valence-corrected chi connectivity index (χ2v) is 6.51. The summed E-state index contributed by atoms with van der Waals surface area (Å²) in [6, 6.07) is 10.9. The summed E-state index contributed by atoms with van der Waals surface area (Å²) in [5, 5.41) is 8.21. The van der Waals surface area contributed by atoms with E-state index in [1.807, 2.05) is 19.3 Å². The van der Waals surface area contributed by atoms with Gasteiger partial charge in [0, 0.05) is 31.2 Å². The first-order chi connectivity index (χ1) is 11.3. The Morgan fingerprint density at radius 1 is 1.17 bits per heavy atom. The van der Waals surface area contributed by atoms with Crippen LogP contribution in [0.15, 0.2) is 41.5 Å². The van der Waals surface area contributed by atoms with Crippen molar-refractivity contribution >= 4 is 40.8 Å². The molecule has 5 heteroatoms. The van der Waals surface area contributed by atoms with Gasteiger partial charge < -0.3 is 10.6 Å². The Kier molecular flexibility index (Phi) is 7.27. The van der Waals surface area contributed by atoms with E-state index in [1.165, 1.54) is 36.6 Å². The zero-order valence-electron chi connectivity index (χ0n) is 14.5. The minimum Gasteiger partial charge on any atom is -0.354 e. The molecular weight excluding hydrogens is 411 g/mol. The van der Waals surface area contributed by atoms with Gasteiger partial charge in [-0.05, 0) is 49.3 Å². The molecule has 24 heavy (non-hydrogen) atoms. The SMILES string of the molecule is CN=C(NCc1ccnc2ccccc12)NC1CCC(C)CC1.I. The maximum Gasteiger partial charge on any atom is 0.191 e. The second-order valence-electron chi connectivity index (χ2n) is 6.51. The van der Waals surface area contributed by atoms with E-state index in [-0.39, 0.29) is 24.0 Å². The number of nitrogens with one attached hydrogen (secondary N) is 2. The van der Waals surface area contributed by atoms with E-state index in [1.54, 1.807) is 0 Å². The minimum atomic E-state index is 0. The number of guanidine groups is 1. The van der Waals surface area contributed by atoms with Gasteiger partial charge in [-0.25, -0.2) is 0 Å². The maximum atomic E-state index is 4.42. The van der Waals surface area contributed by atoms with Crippen LogP contribution in [0.3, 0.4) is 0 Å². The van der Waals surface area contributed by atoms with E-state index in [2.05, 4.69) is 51.8 Å². The molecule has 1 aromatic carbocycles. The van der Waals surface area contributed by atoms with Crippen molar-refractivity contribution < 1.29 is 0 Å². The molecule has 0 radical (unpaired) electrons. The third kappa shape index (κ3) is 4.82. The molecule has 3 rings (SSSR count). The molecule has 0 bridgehead atoms. The topological polar surface area (TPSA) is 49.3 Å². The molecule has 1 aliphatic carbocycles. The van der Waals surface area contributed by atoms with E-state index in [4.69, 9.17) is 0 Å². The van der Waals surface area contributed by atoms with Gasteiger partial charge in [0.05, 0.1) is 5.52 Å². The largest absolute Gasteiger partial charge is 0.354 e. The lowest BCUT2D eigenvalue weighted by molar-refractivity contribution is 0.329. The fourth-order valence-electron chi connectivity index (χ4n) is 3.28. The van der Waals surface area contributed by atoms with Gasteiger partial charge >= 0.3 is 0 Å². The monoisotopic (exact) mass is 438 g/mol. The molecule has 0 atom stereocenters. The molecule has 0 saturated heterocycles. The Morgan fingerprint density at radius 2 is 1.92 bits per heavy atom. The Bertz CT molecular complexity index is 673. The van der Waals surface area contributed by atoms with Gasteiger partial charge in [0.25, 0.3) is 0 Å². The molecule has 1 heterocycles. The molecule has 0 amide bonds. The lowest BCUT2D eigenvalue weighted by Gasteiger charge is -2.28. The summed E-state index contributed by atoms with van der Waals surface area (Å²) in [4.78, 5) is 8.79. The van der Waals surface area contributed by atoms with Crippen molar-refractivity contribution in [3.63, 3.8) is 0 Å². The predicted molar refractivity (Wildman–Crippen MR) is 112 cm³/mol. The third-order valence-corrected chi connectivity index (χ3v) is 4.77. The standard InChI is InChI=1S/C19H26N4.HI/c1-14-7-9-16(10-8-14)23-19(20-2)22-13-15-11-12-21-18-6-4-3-5-17(15)18;/h3-6,11-12,14,16H,7-10,13H2,1-2H3,(H2,20,22,23);1H. The number of aromatic nitrogens is 1. The summed E-state index contributed by atoms with van der Waals surface area (Å²) in [6.07, 6.45) is 6.96. The first kappa shape index (κ1) is 19.0. The number of halogens is 1. The second kappa shape index (κ2) is 9.20. The lowest BCUT2D eigenvalue weighted by Crippen LogP contribution is -2.44. The molecule has 0 spiro atoms. The Morgan fingerprint density at radius 3 is 2.67 bits per heavy atom. The fourth-order valence-corrected chi connectivity index (χ4v) is 3.28. The molecule has 1 saturated carbocycles. The molecule has 4 nitrogen and oxygen atoms in total. The van der Waals surface area contributed by atoms with Gasteiger partial charge in [-0.1, -0.05) is 25.1 Å². The zero-order valence-corrected chi connectivity index (χ0v) is 16.8. The van der Waals surface area contributed by atoms with Crippen molar-refractivity contribution in [2.75, 3.05) is 7.05 Å². The van der Waals surface area contributed by atoms with E-state index in [0.717, 1.165) is 23.9 Å². The molecule has 1 aromatic heterocycles. The van der Waals surface area contributed by atoms with E-state index < -0.39 is 0 Å². The van der Waals surface area contributed by atoms with Gasteiger partial charge in [-0.3, -0.25) is 9.98 Å². The van der Waals surface area contributed by atoms with Crippen LogP contribution in [0.4, 0.5) is 0 Å². The van der Waals surface area contributed by atoms with Crippen LogP contribution >= 0.6 is 24.0 Å². The van der Waals surface area contributed by atoms with Crippen molar-refractivity contribution in [2.45, 2.75) is 45.2 Å². The van der Waals surface area contributed by atoms with E-state index in [0.29, 0.717) is 6.04 Å². The number of hydrogen-bond acceptors (Lipinski definition) is 2. The van der Waals surface area contributed by atoms with Crippen molar-refractivity contribution in [1.29, 1.82) is 0 Å². The molecule has 130 valence electrons. The van der Waals surface area contributed by atoms with Crippen molar-refractivity contribution in [3.8, 4) is 0 Å². The van der Waals surface area contributed by atoms with E-state index in [9.17, 15) is 0 Å². The first-order valence-electron chi connectivity index (χ1n) is 8.56. The highest BCUT2D eigenvalue weighted by molar-refractivity contribution is 14.0. The van der Waals surface area contributed by atoms with Gasteiger partial charge in [-0.2, -0.15) is 0 Å². The first-order valence-corrected chi connectivity index (χ1v) is 8.56. The number of pyridine rings is 1. The highest BCUT2D eigenvalue weighted by Crippen LogP contribution is 2.23. The minimum absolute atomic E-state index is 0. The maximum absolute atomic E-state index is 4.42. The summed E-state index contributed by atoms with van der Waals surface area (Å²) in [6.45, 7) is 3.10. The van der Waals surface area contributed by atoms with Crippen LogP contribution in [0.2, 0.25) is 0 Å². The highest BCUT2D eigenvalue weighted by atomic mass is 127. The quantitative estimate of drug-likeness (QED) is 0.431. The molecule has 0 unspecified atom stereocenters. The van der Waals surface area contributed by atoms with Crippen LogP contribution < -0.4 is 10.6 Å². The van der Waals surface area contributed by atoms with Crippen LogP contribution in [-0.2, 0) is 6.54 Å². The lowest BCUT2D eigenvalue weighted by atomic mass is 9.87. The van der Waals surface area contributed by atoms with Crippen LogP contribution in [0.5, 0.6) is 0 Å². The number of aliphatic imine (C=N–C) groups is 1. The number of rotatable bonds is 3. The highest BCUT2D eigenvalue weighted by Gasteiger charge is 2.18. The molecule has 1 aliphatic rings. The summed E-state index contributed by atoms with van der Waals surface area (Å²) in [5.41, 5.74) is 2.28. The number of hydrogen-bond donors (Lipinski definition) is 2. The third-order valence-electron chi connectivity index (χ3n) is 4.77. The molecule has 1 fully saturated rings. The molecule has 2 aromatic rings. The number of para-hydroxylation sites is 1. The summed E-state index contributed by atoms with van der Waals surface area (Å²) in [5.74, 6) is 1.76.